The summed E-state index contributed by atoms with van der Waals surface area (Å²) in [5.74, 6) is 0.240. The minimum absolute atomic E-state index is 0.204. The molecule has 8 heteroatoms. The first-order chi connectivity index (χ1) is 14.8. The predicted octanol–water partition coefficient (Wildman–Crippen LogP) is 3.87. The average Bonchev–Trinajstić information content (AvgIpc) is 3.52. The highest BCUT2D eigenvalue weighted by atomic mass is 32.2. The monoisotopic (exact) mass is 441 g/mol. The summed E-state index contributed by atoms with van der Waals surface area (Å²) in [6.07, 6.45) is 2.69. The molecule has 0 unspecified atom stereocenters. The zero-order valence-corrected chi connectivity index (χ0v) is 18.8. The predicted molar refractivity (Wildman–Crippen MR) is 120 cm³/mol. The number of amides is 1. The van der Waals surface area contributed by atoms with Gasteiger partial charge in [0.05, 0.1) is 16.6 Å². The molecule has 0 spiro atoms. The van der Waals surface area contributed by atoms with Crippen LogP contribution in [0.5, 0.6) is 0 Å². The number of aromatic nitrogens is 1. The van der Waals surface area contributed by atoms with Gasteiger partial charge < -0.3 is 9.73 Å². The summed E-state index contributed by atoms with van der Waals surface area (Å²) in [4.78, 5) is 17.4. The highest BCUT2D eigenvalue weighted by Crippen LogP contribution is 2.44. The van der Waals surface area contributed by atoms with Crippen molar-refractivity contribution in [3.05, 3.63) is 52.7 Å². The van der Waals surface area contributed by atoms with E-state index in [0.29, 0.717) is 28.9 Å². The summed E-state index contributed by atoms with van der Waals surface area (Å²) in [6.45, 7) is 4.30. The lowest BCUT2D eigenvalue weighted by Gasteiger charge is -2.10. The third-order valence-corrected chi connectivity index (χ3v) is 6.78. The molecule has 2 aromatic heterocycles. The lowest BCUT2D eigenvalue weighted by molar-refractivity contribution is 0.0964. The zero-order chi connectivity index (χ0) is 22.2. The van der Waals surface area contributed by atoms with E-state index in [1.54, 1.807) is 7.05 Å². The molecule has 2 heterocycles. The van der Waals surface area contributed by atoms with Crippen molar-refractivity contribution in [1.82, 2.24) is 15.0 Å². The van der Waals surface area contributed by atoms with Gasteiger partial charge in [-0.15, -0.1) is 0 Å². The second-order valence-corrected chi connectivity index (χ2v) is 9.86. The number of hydrogen-bond acceptors (Lipinski definition) is 5. The molecule has 1 fully saturated rings. The number of fused-ring (bicyclic) bond motifs is 1. The van der Waals surface area contributed by atoms with Crippen molar-refractivity contribution in [3.63, 3.8) is 0 Å². The normalized spacial score (nSPS) is 14.2. The first-order valence-corrected chi connectivity index (χ1v) is 12.2. The fourth-order valence-corrected chi connectivity index (χ4v) is 4.89. The number of rotatable bonds is 8. The summed E-state index contributed by atoms with van der Waals surface area (Å²) in [5.41, 5.74) is 3.95. The topological polar surface area (TPSA) is 101 Å². The van der Waals surface area contributed by atoms with E-state index in [9.17, 15) is 13.2 Å². The van der Waals surface area contributed by atoms with Crippen molar-refractivity contribution in [2.24, 2.45) is 0 Å². The minimum atomic E-state index is -3.51. The van der Waals surface area contributed by atoms with E-state index in [1.165, 1.54) is 0 Å². The lowest BCUT2D eigenvalue weighted by atomic mass is 10.0. The van der Waals surface area contributed by atoms with Crippen LogP contribution in [0, 0.1) is 6.92 Å². The first kappa shape index (κ1) is 21.5. The molecule has 0 bridgehead atoms. The minimum Gasteiger partial charge on any atom is -0.437 e. The molecule has 3 aromatic rings. The Hall–Kier alpha value is -2.71. The van der Waals surface area contributed by atoms with Crippen LogP contribution in [0.3, 0.4) is 0 Å². The maximum Gasteiger partial charge on any atom is 0.255 e. The molecule has 2 N–H and O–H groups in total. The zero-order valence-electron chi connectivity index (χ0n) is 18.0. The molecule has 31 heavy (non-hydrogen) atoms. The molecule has 4 rings (SSSR count). The molecule has 0 aliphatic heterocycles. The number of furan rings is 1. The summed E-state index contributed by atoms with van der Waals surface area (Å²) in [5, 5.41) is 3.30. The van der Waals surface area contributed by atoms with E-state index in [0.717, 1.165) is 36.0 Å². The van der Waals surface area contributed by atoms with Gasteiger partial charge in [0, 0.05) is 19.2 Å². The van der Waals surface area contributed by atoms with Crippen LogP contribution in [-0.2, 0) is 15.8 Å². The van der Waals surface area contributed by atoms with E-state index in [2.05, 4.69) is 15.0 Å². The third-order valence-electron chi connectivity index (χ3n) is 5.48. The Morgan fingerprint density at radius 2 is 1.94 bits per heavy atom. The third kappa shape index (κ3) is 4.50. The molecule has 164 valence electrons. The maximum atomic E-state index is 12.8. The second kappa shape index (κ2) is 8.43. The molecule has 1 saturated carbocycles. The number of benzene rings is 1. The van der Waals surface area contributed by atoms with Crippen molar-refractivity contribution >= 4 is 27.0 Å². The van der Waals surface area contributed by atoms with Crippen LogP contribution in [0.1, 0.15) is 59.3 Å². The Morgan fingerprint density at radius 1 is 1.23 bits per heavy atom. The largest absolute Gasteiger partial charge is 0.437 e. The highest BCUT2D eigenvalue weighted by molar-refractivity contribution is 7.88. The molecular weight excluding hydrogens is 414 g/mol. The Morgan fingerprint density at radius 3 is 2.55 bits per heavy atom. The molecular formula is C23H27N3O4S. The number of pyridine rings is 1. The van der Waals surface area contributed by atoms with Crippen LogP contribution in [0.15, 0.2) is 34.7 Å². The standard InChI is InChI=1S/C23H27N3O4S/c1-4-11-25-31(28,29)13-19-17(15-9-10-15)12-18-20(22(27)24-3)21(30-23(18)26-19)16-7-5-14(2)6-8-16/h5-8,12,15,25H,4,9-11,13H2,1-3H3,(H,24,27). The van der Waals surface area contributed by atoms with Gasteiger partial charge in [0.15, 0.2) is 0 Å². The van der Waals surface area contributed by atoms with E-state index >= 15 is 0 Å². The van der Waals surface area contributed by atoms with Crippen LogP contribution >= 0.6 is 0 Å². The smallest absolute Gasteiger partial charge is 0.255 e. The van der Waals surface area contributed by atoms with Gasteiger partial charge in [-0.25, -0.2) is 18.1 Å². The molecule has 1 aliphatic rings. The summed E-state index contributed by atoms with van der Waals surface area (Å²) >= 11 is 0. The fourth-order valence-electron chi connectivity index (χ4n) is 3.69. The highest BCUT2D eigenvalue weighted by Gasteiger charge is 2.31. The van der Waals surface area contributed by atoms with Gasteiger partial charge in [-0.2, -0.15) is 0 Å². The molecule has 1 aromatic carbocycles. The Balaban J connectivity index is 1.87. The summed E-state index contributed by atoms with van der Waals surface area (Å²) in [6, 6.07) is 9.62. The number of sulfonamides is 1. The number of hydrogen-bond donors (Lipinski definition) is 2. The van der Waals surface area contributed by atoms with Crippen LogP contribution in [0.4, 0.5) is 0 Å². The quantitative estimate of drug-likeness (QED) is 0.553. The summed E-state index contributed by atoms with van der Waals surface area (Å²) in [7, 11) is -1.93. The Kier molecular flexibility index (Phi) is 5.85. The fraction of sp³-hybridized carbons (Fsp3) is 0.391. The van der Waals surface area contributed by atoms with Crippen molar-refractivity contribution in [1.29, 1.82) is 0 Å². The maximum absolute atomic E-state index is 12.8. The number of carbonyl (C=O) groups is 1. The Labute approximate surface area is 182 Å². The van der Waals surface area contributed by atoms with E-state index in [1.807, 2.05) is 44.2 Å². The van der Waals surface area contributed by atoms with Crippen molar-refractivity contribution in [3.8, 4) is 11.3 Å². The van der Waals surface area contributed by atoms with Gasteiger partial charge >= 0.3 is 0 Å². The van der Waals surface area contributed by atoms with Crippen molar-refractivity contribution in [2.45, 2.75) is 44.8 Å². The number of carbonyl (C=O) groups excluding carboxylic acids is 1. The van der Waals surface area contributed by atoms with Gasteiger partial charge in [0.25, 0.3) is 5.91 Å². The average molecular weight is 442 g/mol. The number of nitrogens with zero attached hydrogens (tertiary/aromatic N) is 1. The lowest BCUT2D eigenvalue weighted by Crippen LogP contribution is -2.26. The summed E-state index contributed by atoms with van der Waals surface area (Å²) < 4.78 is 33.7. The SMILES string of the molecule is CCCNS(=O)(=O)Cc1nc2oc(-c3ccc(C)cc3)c(C(=O)NC)c2cc1C1CC1. The van der Waals surface area contributed by atoms with Crippen molar-refractivity contribution < 1.29 is 17.6 Å². The van der Waals surface area contributed by atoms with Gasteiger partial charge in [-0.1, -0.05) is 36.8 Å². The van der Waals surface area contributed by atoms with Crippen LogP contribution < -0.4 is 10.0 Å². The van der Waals surface area contributed by atoms with Gasteiger partial charge in [-0.05, 0) is 43.7 Å². The number of nitrogens with one attached hydrogen (secondary N) is 2. The molecule has 0 atom stereocenters. The molecule has 0 saturated heterocycles. The Bertz CT molecular complexity index is 1230. The van der Waals surface area contributed by atoms with E-state index in [4.69, 9.17) is 4.42 Å². The molecule has 0 radical (unpaired) electrons. The molecule has 1 aliphatic carbocycles. The van der Waals surface area contributed by atoms with Crippen molar-refractivity contribution in [2.75, 3.05) is 13.6 Å². The second-order valence-electron chi connectivity index (χ2n) is 8.06. The van der Waals surface area contributed by atoms with E-state index in [-0.39, 0.29) is 23.3 Å². The van der Waals surface area contributed by atoms with Gasteiger partial charge in [-0.3, -0.25) is 4.79 Å². The first-order valence-electron chi connectivity index (χ1n) is 10.6. The van der Waals surface area contributed by atoms with Crippen LogP contribution in [0.2, 0.25) is 0 Å². The molecule has 7 nitrogen and oxygen atoms in total. The van der Waals surface area contributed by atoms with E-state index < -0.39 is 10.0 Å². The van der Waals surface area contributed by atoms with Gasteiger partial charge in [0.2, 0.25) is 15.7 Å². The van der Waals surface area contributed by atoms with Crippen LogP contribution in [0.25, 0.3) is 22.4 Å². The van der Waals surface area contributed by atoms with Crippen LogP contribution in [-0.4, -0.2) is 32.9 Å². The van der Waals surface area contributed by atoms with Gasteiger partial charge in [0.1, 0.15) is 11.5 Å². The number of aryl methyl sites for hydroxylation is 1. The molecule has 1 amide bonds.